The van der Waals surface area contributed by atoms with Gasteiger partial charge in [-0.1, -0.05) is 28.9 Å². The summed E-state index contributed by atoms with van der Waals surface area (Å²) < 4.78 is 49.4. The molecule has 0 bridgehead atoms. The van der Waals surface area contributed by atoms with Gasteiger partial charge in [-0.25, -0.2) is 14.4 Å². The molecule has 1 aromatic carbocycles. The number of pyridine rings is 1. The molecule has 212 valence electrons. The van der Waals surface area contributed by atoms with Gasteiger partial charge in [0.2, 0.25) is 0 Å². The van der Waals surface area contributed by atoms with Crippen molar-refractivity contribution in [2.75, 3.05) is 25.6 Å². The number of hydrogen-bond donors (Lipinski definition) is 3. The van der Waals surface area contributed by atoms with E-state index >= 15 is 0 Å². The third kappa shape index (κ3) is 6.48. The van der Waals surface area contributed by atoms with E-state index < -0.39 is 48.7 Å². The standard InChI is InChI=1S/C24H23ClF3N7O5/c1-12-19(34-40-33-12)21(36)32-20(14-4-3-5-15(25)8-14)22(37)31-18-9-13(6-7-29-18)16(11-39-2)35-10-17(24(26,27)28)30-23(35)38/h3-9,16-17,20H,10-11H2,1-2H3,(H,30,38)(H,32,36)(H,29,31,37)/t16-,17+,20+/m1/s1. The van der Waals surface area contributed by atoms with Crippen LogP contribution < -0.4 is 16.0 Å². The fourth-order valence-electron chi connectivity index (χ4n) is 4.08. The maximum atomic E-state index is 13.4. The van der Waals surface area contributed by atoms with Crippen LogP contribution in [0.5, 0.6) is 0 Å². The molecule has 4 amide bonds. The number of carbonyl (C=O) groups excluding carboxylic acids is 3. The van der Waals surface area contributed by atoms with Gasteiger partial charge in [-0.05, 0) is 47.5 Å². The van der Waals surface area contributed by atoms with Crippen molar-refractivity contribution in [1.82, 2.24) is 30.8 Å². The molecule has 3 aromatic rings. The first kappa shape index (κ1) is 28.8. The van der Waals surface area contributed by atoms with E-state index in [1.165, 1.54) is 38.4 Å². The van der Waals surface area contributed by atoms with E-state index in [9.17, 15) is 27.6 Å². The van der Waals surface area contributed by atoms with E-state index in [2.05, 4.69) is 30.6 Å². The number of aryl methyl sites for hydroxylation is 1. The first-order valence-electron chi connectivity index (χ1n) is 11.7. The number of alkyl halides is 3. The first-order chi connectivity index (χ1) is 19.0. The van der Waals surface area contributed by atoms with Crippen molar-refractivity contribution >= 4 is 35.3 Å². The molecule has 0 aliphatic carbocycles. The molecule has 1 aliphatic rings. The van der Waals surface area contributed by atoms with Gasteiger partial charge in [0, 0.05) is 18.3 Å². The lowest BCUT2D eigenvalue weighted by molar-refractivity contribution is -0.150. The Bertz CT molecular complexity index is 1400. The zero-order chi connectivity index (χ0) is 29.0. The Morgan fingerprint density at radius 2 is 2.02 bits per heavy atom. The summed E-state index contributed by atoms with van der Waals surface area (Å²) in [5.74, 6) is -1.44. The lowest BCUT2D eigenvalue weighted by Gasteiger charge is -2.27. The summed E-state index contributed by atoms with van der Waals surface area (Å²) in [5, 5.41) is 14.5. The Morgan fingerprint density at radius 3 is 2.65 bits per heavy atom. The van der Waals surface area contributed by atoms with Gasteiger partial charge in [0.15, 0.2) is 5.69 Å². The molecule has 1 fully saturated rings. The maximum Gasteiger partial charge on any atom is 0.410 e. The number of methoxy groups -OCH3 is 1. The highest BCUT2D eigenvalue weighted by Gasteiger charge is 2.48. The van der Waals surface area contributed by atoms with E-state index in [1.54, 1.807) is 18.2 Å². The third-order valence-corrected chi connectivity index (χ3v) is 6.28. The Morgan fingerprint density at radius 1 is 1.25 bits per heavy atom. The second-order valence-corrected chi connectivity index (χ2v) is 9.23. The highest BCUT2D eigenvalue weighted by molar-refractivity contribution is 6.30. The van der Waals surface area contributed by atoms with Gasteiger partial charge >= 0.3 is 12.2 Å². The molecule has 4 rings (SSSR count). The van der Waals surface area contributed by atoms with Gasteiger partial charge in [-0.15, -0.1) is 0 Å². The number of rotatable bonds is 9. The van der Waals surface area contributed by atoms with Crippen LogP contribution in [0.4, 0.5) is 23.8 Å². The van der Waals surface area contributed by atoms with Crippen molar-refractivity contribution in [3.63, 3.8) is 0 Å². The second kappa shape index (κ2) is 11.9. The number of anilines is 1. The lowest BCUT2D eigenvalue weighted by atomic mass is 10.1. The number of nitrogens with one attached hydrogen (secondary N) is 3. The van der Waals surface area contributed by atoms with E-state index in [0.717, 1.165) is 4.90 Å². The van der Waals surface area contributed by atoms with Gasteiger partial charge in [-0.2, -0.15) is 13.2 Å². The van der Waals surface area contributed by atoms with E-state index in [-0.39, 0.29) is 23.8 Å². The zero-order valence-electron chi connectivity index (χ0n) is 21.0. The predicted octanol–water partition coefficient (Wildman–Crippen LogP) is 3.18. The van der Waals surface area contributed by atoms with E-state index in [4.69, 9.17) is 16.3 Å². The molecule has 3 atom stereocenters. The summed E-state index contributed by atoms with van der Waals surface area (Å²) in [6.45, 7) is 0.754. The van der Waals surface area contributed by atoms with Crippen LogP contribution in [0.1, 0.15) is 39.4 Å². The molecular weight excluding hydrogens is 559 g/mol. The summed E-state index contributed by atoms with van der Waals surface area (Å²) in [6, 6.07) is 4.01. The van der Waals surface area contributed by atoms with Crippen molar-refractivity contribution in [2.45, 2.75) is 31.2 Å². The number of carbonyl (C=O) groups is 3. The van der Waals surface area contributed by atoms with Gasteiger partial charge < -0.3 is 25.6 Å². The molecular formula is C24H23ClF3N7O5. The van der Waals surface area contributed by atoms with Crippen LogP contribution in [-0.4, -0.2) is 70.5 Å². The van der Waals surface area contributed by atoms with Gasteiger partial charge in [-0.3, -0.25) is 9.59 Å². The Kier molecular flexibility index (Phi) is 8.54. The van der Waals surface area contributed by atoms with E-state index in [0.29, 0.717) is 16.1 Å². The number of aromatic nitrogens is 3. The number of hydrogen-bond acceptors (Lipinski definition) is 8. The average Bonchev–Trinajstić information content (AvgIpc) is 3.51. The molecule has 2 aromatic heterocycles. The smallest absolute Gasteiger partial charge is 0.382 e. The Hall–Kier alpha value is -4.24. The third-order valence-electron chi connectivity index (χ3n) is 6.04. The van der Waals surface area contributed by atoms with Crippen molar-refractivity contribution < 1.29 is 36.9 Å². The maximum absolute atomic E-state index is 13.4. The highest BCUT2D eigenvalue weighted by Crippen LogP contribution is 2.31. The molecule has 0 saturated carbocycles. The summed E-state index contributed by atoms with van der Waals surface area (Å²) in [6.07, 6.45) is -3.31. The fourth-order valence-corrected chi connectivity index (χ4v) is 4.28. The van der Waals surface area contributed by atoms with Crippen LogP contribution in [0, 0.1) is 6.92 Å². The van der Waals surface area contributed by atoms with Crippen LogP contribution in [0.3, 0.4) is 0 Å². The van der Waals surface area contributed by atoms with Crippen molar-refractivity contribution in [1.29, 1.82) is 0 Å². The van der Waals surface area contributed by atoms with Gasteiger partial charge in [0.25, 0.3) is 11.8 Å². The number of amides is 4. The SMILES string of the molecule is COC[C@H](c1ccnc(NC(=O)[C@@H](NC(=O)c2nonc2C)c2cccc(Cl)c2)c1)N1C[C@@H](C(F)(F)F)NC1=O. The molecule has 0 spiro atoms. The molecule has 12 nitrogen and oxygen atoms in total. The normalized spacial score (nSPS) is 16.8. The van der Waals surface area contributed by atoms with Crippen LogP contribution >= 0.6 is 11.6 Å². The molecule has 40 heavy (non-hydrogen) atoms. The number of benzene rings is 1. The van der Waals surface area contributed by atoms with Gasteiger partial charge in [0.05, 0.1) is 19.2 Å². The zero-order valence-corrected chi connectivity index (χ0v) is 21.8. The van der Waals surface area contributed by atoms with Crippen LogP contribution in [-0.2, 0) is 9.53 Å². The van der Waals surface area contributed by atoms with Gasteiger partial charge in [0.1, 0.15) is 23.6 Å². The number of nitrogens with zero attached hydrogens (tertiary/aromatic N) is 4. The highest BCUT2D eigenvalue weighted by atomic mass is 35.5. The summed E-state index contributed by atoms with van der Waals surface area (Å²) >= 11 is 6.10. The minimum Gasteiger partial charge on any atom is -0.382 e. The second-order valence-electron chi connectivity index (χ2n) is 8.79. The van der Waals surface area contributed by atoms with Crippen molar-refractivity contribution in [3.8, 4) is 0 Å². The molecule has 1 aliphatic heterocycles. The minimum atomic E-state index is -4.63. The Balaban J connectivity index is 1.58. The van der Waals surface area contributed by atoms with Crippen LogP contribution in [0.15, 0.2) is 47.2 Å². The van der Waals surface area contributed by atoms with Crippen molar-refractivity contribution in [3.05, 3.63) is 70.1 Å². The summed E-state index contributed by atoms with van der Waals surface area (Å²) in [7, 11) is 1.34. The molecule has 3 heterocycles. The molecule has 1 saturated heterocycles. The average molecular weight is 582 g/mol. The summed E-state index contributed by atoms with van der Waals surface area (Å²) in [4.78, 5) is 43.7. The van der Waals surface area contributed by atoms with E-state index in [1.807, 2.05) is 5.32 Å². The minimum absolute atomic E-state index is 0.0103. The number of urea groups is 1. The summed E-state index contributed by atoms with van der Waals surface area (Å²) in [5.41, 5.74) is 0.786. The monoisotopic (exact) mass is 581 g/mol. The topological polar surface area (TPSA) is 152 Å². The van der Waals surface area contributed by atoms with Crippen LogP contribution in [0.25, 0.3) is 0 Å². The fraction of sp³-hybridized carbons (Fsp3) is 0.333. The first-order valence-corrected chi connectivity index (χ1v) is 12.1. The lowest BCUT2D eigenvalue weighted by Crippen LogP contribution is -2.40. The molecule has 16 heteroatoms. The quantitative estimate of drug-likeness (QED) is 0.348. The van der Waals surface area contributed by atoms with Crippen LogP contribution in [0.2, 0.25) is 5.02 Å². The largest absolute Gasteiger partial charge is 0.410 e. The molecule has 0 unspecified atom stereocenters. The molecule has 0 radical (unpaired) electrons. The Labute approximate surface area is 230 Å². The number of halogens is 4. The predicted molar refractivity (Wildman–Crippen MR) is 133 cm³/mol. The number of ether oxygens (including phenoxy) is 1. The molecule has 3 N–H and O–H groups in total. The van der Waals surface area contributed by atoms with Crippen molar-refractivity contribution in [2.24, 2.45) is 0 Å².